The number of nitrogens with one attached hydrogen (secondary N) is 1. The van der Waals surface area contributed by atoms with E-state index in [4.69, 9.17) is 4.74 Å². The van der Waals surface area contributed by atoms with Crippen LogP contribution in [-0.4, -0.2) is 45.5 Å². The third-order valence-corrected chi connectivity index (χ3v) is 6.55. The average Bonchev–Trinajstić information content (AvgIpc) is 3.01. The van der Waals surface area contributed by atoms with Gasteiger partial charge in [0, 0.05) is 16.6 Å². The van der Waals surface area contributed by atoms with Crippen molar-refractivity contribution in [3.63, 3.8) is 0 Å². The summed E-state index contributed by atoms with van der Waals surface area (Å²) in [5.41, 5.74) is 2.23. The molecule has 0 saturated carbocycles. The lowest BCUT2D eigenvalue weighted by atomic mass is 10.1. The molecule has 2 aromatic carbocycles. The first-order chi connectivity index (χ1) is 13.7. The highest BCUT2D eigenvalue weighted by Gasteiger charge is 2.32. The molecule has 0 fully saturated rings. The van der Waals surface area contributed by atoms with E-state index in [-0.39, 0.29) is 11.6 Å². The van der Waals surface area contributed by atoms with Crippen LogP contribution in [0.3, 0.4) is 0 Å². The highest BCUT2D eigenvalue weighted by atomic mass is 32.2. The molecular weight excluding hydrogens is 412 g/mol. The number of amides is 1. The molecule has 0 aliphatic carbocycles. The van der Waals surface area contributed by atoms with Crippen molar-refractivity contribution in [1.29, 1.82) is 0 Å². The second kappa shape index (κ2) is 8.46. The van der Waals surface area contributed by atoms with Crippen LogP contribution in [0, 0.1) is 0 Å². The summed E-state index contributed by atoms with van der Waals surface area (Å²) in [5.74, 6) is -1.07. The van der Waals surface area contributed by atoms with Gasteiger partial charge in [-0.3, -0.25) is 9.10 Å². The van der Waals surface area contributed by atoms with E-state index in [1.54, 1.807) is 36.0 Å². The van der Waals surface area contributed by atoms with E-state index in [1.807, 2.05) is 25.3 Å². The lowest BCUT2D eigenvalue weighted by Crippen LogP contribution is -2.34. The molecule has 154 valence electrons. The van der Waals surface area contributed by atoms with Gasteiger partial charge in [0.1, 0.15) is 0 Å². The maximum atomic E-state index is 12.3. The van der Waals surface area contributed by atoms with Crippen LogP contribution in [0.5, 0.6) is 0 Å². The van der Waals surface area contributed by atoms with Gasteiger partial charge in [0.05, 0.1) is 17.5 Å². The fraction of sp³-hybridized carbons (Fsp3) is 0.300. The zero-order valence-electron chi connectivity index (χ0n) is 16.3. The largest absolute Gasteiger partial charge is 0.452 e. The number of rotatable bonds is 6. The number of thioether (sulfide) groups is 1. The van der Waals surface area contributed by atoms with E-state index in [1.165, 1.54) is 10.4 Å². The minimum absolute atomic E-state index is 0.213. The summed E-state index contributed by atoms with van der Waals surface area (Å²) in [5, 5.41) is 2.67. The van der Waals surface area contributed by atoms with E-state index in [0.29, 0.717) is 17.8 Å². The van der Waals surface area contributed by atoms with Gasteiger partial charge < -0.3 is 10.1 Å². The zero-order chi connectivity index (χ0) is 21.2. The molecule has 1 N–H and O–H groups in total. The average molecular weight is 435 g/mol. The molecule has 0 aromatic heterocycles. The van der Waals surface area contributed by atoms with Crippen LogP contribution in [0.15, 0.2) is 47.4 Å². The molecule has 1 unspecified atom stereocenters. The van der Waals surface area contributed by atoms with Crippen LogP contribution >= 0.6 is 11.8 Å². The third kappa shape index (κ3) is 4.91. The smallest absolute Gasteiger partial charge is 0.338 e. The number of carbonyl (C=O) groups is 2. The fourth-order valence-corrected chi connectivity index (χ4v) is 4.99. The third-order valence-electron chi connectivity index (χ3n) is 4.53. The number of esters is 1. The Morgan fingerprint density at radius 3 is 2.52 bits per heavy atom. The summed E-state index contributed by atoms with van der Waals surface area (Å²) in [6, 6.07) is 11.9. The molecule has 0 spiro atoms. The number of fused-ring (bicyclic) bond motifs is 1. The van der Waals surface area contributed by atoms with Gasteiger partial charge in [-0.15, -0.1) is 11.8 Å². The van der Waals surface area contributed by atoms with Gasteiger partial charge in [-0.1, -0.05) is 0 Å². The van der Waals surface area contributed by atoms with Crippen molar-refractivity contribution in [1.82, 2.24) is 0 Å². The number of carbonyl (C=O) groups excluding carboxylic acids is 2. The minimum Gasteiger partial charge on any atom is -0.452 e. The van der Waals surface area contributed by atoms with Crippen molar-refractivity contribution in [3.8, 4) is 0 Å². The molecule has 29 heavy (non-hydrogen) atoms. The molecule has 1 heterocycles. The standard InChI is InChI=1S/C20H22N2O5S2/c1-13-10-15-11-14(4-9-18(15)22(13)29(3,25)26)20(24)27-12-19(23)21-16-5-7-17(28-2)8-6-16/h4-9,11,13H,10,12H2,1-3H3,(H,21,23). The fourth-order valence-electron chi connectivity index (χ4n) is 3.32. The number of benzene rings is 2. The lowest BCUT2D eigenvalue weighted by Gasteiger charge is -2.21. The predicted molar refractivity (Wildman–Crippen MR) is 114 cm³/mol. The topological polar surface area (TPSA) is 92.8 Å². The molecule has 1 aliphatic rings. The van der Waals surface area contributed by atoms with Gasteiger partial charge in [0.15, 0.2) is 6.61 Å². The summed E-state index contributed by atoms with van der Waals surface area (Å²) in [6.45, 7) is 1.40. The molecule has 0 bridgehead atoms. The number of anilines is 2. The summed E-state index contributed by atoms with van der Waals surface area (Å²) in [4.78, 5) is 25.4. The number of hydrogen-bond donors (Lipinski definition) is 1. The first-order valence-electron chi connectivity index (χ1n) is 8.92. The van der Waals surface area contributed by atoms with E-state index in [2.05, 4.69) is 5.32 Å². The Morgan fingerprint density at radius 1 is 1.21 bits per heavy atom. The van der Waals surface area contributed by atoms with Gasteiger partial charge >= 0.3 is 5.97 Å². The van der Waals surface area contributed by atoms with Gasteiger partial charge in [-0.25, -0.2) is 13.2 Å². The molecule has 0 saturated heterocycles. The molecule has 1 atom stereocenters. The van der Waals surface area contributed by atoms with Crippen LogP contribution < -0.4 is 9.62 Å². The van der Waals surface area contributed by atoms with Crippen molar-refractivity contribution >= 4 is 45.0 Å². The number of hydrogen-bond acceptors (Lipinski definition) is 6. The Hall–Kier alpha value is -2.52. The van der Waals surface area contributed by atoms with Gasteiger partial charge in [0.2, 0.25) is 10.0 Å². The van der Waals surface area contributed by atoms with E-state index >= 15 is 0 Å². The molecule has 1 aliphatic heterocycles. The van der Waals surface area contributed by atoms with Crippen LogP contribution in [0.25, 0.3) is 0 Å². The lowest BCUT2D eigenvalue weighted by molar-refractivity contribution is -0.119. The van der Waals surface area contributed by atoms with Gasteiger partial charge in [-0.05, 0) is 67.6 Å². The minimum atomic E-state index is -3.39. The monoisotopic (exact) mass is 434 g/mol. The zero-order valence-corrected chi connectivity index (χ0v) is 18.0. The molecule has 2 aromatic rings. The number of sulfonamides is 1. The summed E-state index contributed by atoms with van der Waals surface area (Å²) < 4.78 is 30.4. The van der Waals surface area contributed by atoms with E-state index in [9.17, 15) is 18.0 Å². The molecule has 9 heteroatoms. The molecule has 0 radical (unpaired) electrons. The van der Waals surface area contributed by atoms with Crippen LogP contribution in [-0.2, 0) is 26.0 Å². The van der Waals surface area contributed by atoms with Crippen LogP contribution in [0.2, 0.25) is 0 Å². The predicted octanol–water partition coefficient (Wildman–Crippen LogP) is 2.91. The van der Waals surface area contributed by atoms with Crippen LogP contribution in [0.4, 0.5) is 11.4 Å². The summed E-state index contributed by atoms with van der Waals surface area (Å²) in [6.07, 6.45) is 3.63. The van der Waals surface area contributed by atoms with Crippen molar-refractivity contribution < 1.29 is 22.7 Å². The number of nitrogens with zero attached hydrogens (tertiary/aromatic N) is 1. The molecule has 7 nitrogen and oxygen atoms in total. The summed E-state index contributed by atoms with van der Waals surface area (Å²) in [7, 11) is -3.39. The maximum Gasteiger partial charge on any atom is 0.338 e. The van der Waals surface area contributed by atoms with Crippen molar-refractivity contribution in [2.75, 3.05) is 28.7 Å². The summed E-state index contributed by atoms with van der Waals surface area (Å²) >= 11 is 1.60. The van der Waals surface area contributed by atoms with Crippen LogP contribution in [0.1, 0.15) is 22.8 Å². The van der Waals surface area contributed by atoms with Gasteiger partial charge in [-0.2, -0.15) is 0 Å². The Balaban J connectivity index is 1.61. The maximum absolute atomic E-state index is 12.3. The Labute approximate surface area is 174 Å². The Morgan fingerprint density at radius 2 is 1.90 bits per heavy atom. The molecule has 3 rings (SSSR count). The highest BCUT2D eigenvalue weighted by Crippen LogP contribution is 2.34. The quantitative estimate of drug-likeness (QED) is 0.555. The van der Waals surface area contributed by atoms with Crippen molar-refractivity contribution in [3.05, 3.63) is 53.6 Å². The SMILES string of the molecule is CSc1ccc(NC(=O)COC(=O)c2ccc3c(c2)CC(C)N3S(C)(=O)=O)cc1. The normalized spacial score (nSPS) is 15.7. The van der Waals surface area contributed by atoms with E-state index in [0.717, 1.165) is 16.7 Å². The van der Waals surface area contributed by atoms with Crippen molar-refractivity contribution in [2.24, 2.45) is 0 Å². The van der Waals surface area contributed by atoms with E-state index < -0.39 is 28.5 Å². The Kier molecular flexibility index (Phi) is 6.18. The number of ether oxygens (including phenoxy) is 1. The van der Waals surface area contributed by atoms with Crippen molar-refractivity contribution in [2.45, 2.75) is 24.3 Å². The molecule has 1 amide bonds. The first-order valence-corrected chi connectivity index (χ1v) is 12.0. The van der Waals surface area contributed by atoms with Gasteiger partial charge in [0.25, 0.3) is 5.91 Å². The Bertz CT molecular complexity index is 1040. The highest BCUT2D eigenvalue weighted by molar-refractivity contribution is 7.98. The first kappa shape index (κ1) is 21.2. The second-order valence-corrected chi connectivity index (χ2v) is 9.55. The second-order valence-electron chi connectivity index (χ2n) is 6.81. The molecular formula is C20H22N2O5S2.